The number of nitrogens with one attached hydrogen (secondary N) is 1. The normalized spacial score (nSPS) is 12.1. The summed E-state index contributed by atoms with van der Waals surface area (Å²) in [5, 5.41) is 3.66. The standard InChI is InChI=1S/C13H13BrN2OS/c1-9(12-7-15-8-18-12)16-13(17)11-5-3-2-4-10(11)6-14/h2-5,7-9H,6H2,1H3,(H,16,17). The number of rotatable bonds is 4. The maximum absolute atomic E-state index is 12.2. The molecule has 0 fully saturated rings. The summed E-state index contributed by atoms with van der Waals surface area (Å²) in [5.74, 6) is -0.0500. The van der Waals surface area contributed by atoms with E-state index in [4.69, 9.17) is 0 Å². The third-order valence-electron chi connectivity index (χ3n) is 2.63. The molecular formula is C13H13BrN2OS. The highest BCUT2D eigenvalue weighted by atomic mass is 79.9. The maximum atomic E-state index is 12.2. The second-order valence-electron chi connectivity index (χ2n) is 3.89. The molecule has 5 heteroatoms. The summed E-state index contributed by atoms with van der Waals surface area (Å²) in [4.78, 5) is 17.3. The van der Waals surface area contributed by atoms with E-state index in [2.05, 4.69) is 26.2 Å². The zero-order valence-corrected chi connectivity index (χ0v) is 12.3. The number of alkyl halides is 1. The lowest BCUT2D eigenvalue weighted by atomic mass is 10.1. The Labute approximate surface area is 118 Å². The fraction of sp³-hybridized carbons (Fsp3) is 0.231. The molecule has 0 saturated carbocycles. The predicted octanol–water partition coefficient (Wildman–Crippen LogP) is 3.53. The highest BCUT2D eigenvalue weighted by Gasteiger charge is 2.14. The van der Waals surface area contributed by atoms with E-state index in [0.717, 1.165) is 10.4 Å². The van der Waals surface area contributed by atoms with Crippen molar-refractivity contribution in [2.75, 3.05) is 0 Å². The Hall–Kier alpha value is -1.20. The first-order chi connectivity index (χ1) is 8.72. The van der Waals surface area contributed by atoms with E-state index in [1.807, 2.05) is 31.2 Å². The van der Waals surface area contributed by atoms with Gasteiger partial charge in [0.05, 0.1) is 11.6 Å². The Balaban J connectivity index is 2.12. The van der Waals surface area contributed by atoms with Gasteiger partial charge in [-0.05, 0) is 18.6 Å². The number of hydrogen-bond donors (Lipinski definition) is 1. The van der Waals surface area contributed by atoms with Gasteiger partial charge in [-0.2, -0.15) is 0 Å². The van der Waals surface area contributed by atoms with Crippen LogP contribution in [0.25, 0.3) is 0 Å². The third kappa shape index (κ3) is 2.97. The summed E-state index contributed by atoms with van der Waals surface area (Å²) in [6.07, 6.45) is 1.78. The molecule has 1 amide bonds. The van der Waals surface area contributed by atoms with Crippen LogP contribution < -0.4 is 5.32 Å². The second kappa shape index (κ2) is 6.11. The van der Waals surface area contributed by atoms with Crippen molar-refractivity contribution in [3.63, 3.8) is 0 Å². The SMILES string of the molecule is CC(NC(=O)c1ccccc1CBr)c1cncs1. The summed E-state index contributed by atoms with van der Waals surface area (Å²) in [7, 11) is 0. The maximum Gasteiger partial charge on any atom is 0.252 e. The van der Waals surface area contributed by atoms with Gasteiger partial charge in [-0.15, -0.1) is 11.3 Å². The number of nitrogens with zero attached hydrogens (tertiary/aromatic N) is 1. The van der Waals surface area contributed by atoms with Crippen molar-refractivity contribution in [2.45, 2.75) is 18.3 Å². The molecular weight excluding hydrogens is 312 g/mol. The van der Waals surface area contributed by atoms with Gasteiger partial charge >= 0.3 is 0 Å². The molecule has 1 aromatic carbocycles. The molecule has 2 rings (SSSR count). The van der Waals surface area contributed by atoms with Gasteiger partial charge in [-0.3, -0.25) is 9.78 Å². The quantitative estimate of drug-likeness (QED) is 0.874. The number of halogens is 1. The summed E-state index contributed by atoms with van der Waals surface area (Å²) in [6.45, 7) is 1.96. The van der Waals surface area contributed by atoms with Crippen LogP contribution in [0.1, 0.15) is 33.8 Å². The van der Waals surface area contributed by atoms with Crippen molar-refractivity contribution in [1.29, 1.82) is 0 Å². The van der Waals surface area contributed by atoms with Gasteiger partial charge in [0.1, 0.15) is 0 Å². The molecule has 1 unspecified atom stereocenters. The molecule has 1 aromatic heterocycles. The molecule has 0 spiro atoms. The second-order valence-corrected chi connectivity index (χ2v) is 5.37. The first-order valence-electron chi connectivity index (χ1n) is 5.55. The summed E-state index contributed by atoms with van der Waals surface area (Å²) >= 11 is 4.94. The van der Waals surface area contributed by atoms with Gasteiger partial charge in [0.25, 0.3) is 5.91 Å². The van der Waals surface area contributed by atoms with Crippen LogP contribution in [-0.2, 0) is 5.33 Å². The first kappa shape index (κ1) is 13.2. The van der Waals surface area contributed by atoms with E-state index in [9.17, 15) is 4.79 Å². The van der Waals surface area contributed by atoms with Gasteiger partial charge in [0, 0.05) is 22.0 Å². The highest BCUT2D eigenvalue weighted by molar-refractivity contribution is 9.08. The minimum atomic E-state index is -0.0500. The van der Waals surface area contributed by atoms with Gasteiger partial charge in [0.2, 0.25) is 0 Å². The number of carbonyl (C=O) groups is 1. The van der Waals surface area contributed by atoms with E-state index in [1.165, 1.54) is 0 Å². The molecule has 1 atom stereocenters. The van der Waals surface area contributed by atoms with Crippen molar-refractivity contribution in [1.82, 2.24) is 10.3 Å². The van der Waals surface area contributed by atoms with Crippen molar-refractivity contribution < 1.29 is 4.79 Å². The van der Waals surface area contributed by atoms with Crippen molar-refractivity contribution in [3.05, 3.63) is 52.0 Å². The lowest BCUT2D eigenvalue weighted by Crippen LogP contribution is -2.26. The Bertz CT molecular complexity index is 528. The Kier molecular flexibility index (Phi) is 4.49. The average molecular weight is 325 g/mol. The molecule has 0 saturated heterocycles. The number of hydrogen-bond acceptors (Lipinski definition) is 3. The number of thiazole rings is 1. The minimum absolute atomic E-state index is 0.0200. The van der Waals surface area contributed by atoms with Crippen molar-refractivity contribution >= 4 is 33.2 Å². The van der Waals surface area contributed by atoms with Crippen LogP contribution in [0.3, 0.4) is 0 Å². The topological polar surface area (TPSA) is 42.0 Å². The lowest BCUT2D eigenvalue weighted by Gasteiger charge is -2.13. The molecule has 3 nitrogen and oxygen atoms in total. The van der Waals surface area contributed by atoms with Crippen LogP contribution in [0.5, 0.6) is 0 Å². The van der Waals surface area contributed by atoms with E-state index in [1.54, 1.807) is 23.0 Å². The monoisotopic (exact) mass is 324 g/mol. The molecule has 0 aliphatic rings. The predicted molar refractivity (Wildman–Crippen MR) is 77.1 cm³/mol. The zero-order chi connectivity index (χ0) is 13.0. The molecule has 94 valence electrons. The largest absolute Gasteiger partial charge is 0.345 e. The van der Waals surface area contributed by atoms with Gasteiger partial charge in [-0.25, -0.2) is 0 Å². The summed E-state index contributed by atoms with van der Waals surface area (Å²) < 4.78 is 0. The third-order valence-corrected chi connectivity index (χ3v) is 4.19. The van der Waals surface area contributed by atoms with E-state index in [-0.39, 0.29) is 11.9 Å². The smallest absolute Gasteiger partial charge is 0.252 e. The molecule has 0 bridgehead atoms. The molecule has 2 aromatic rings. The van der Waals surface area contributed by atoms with E-state index < -0.39 is 0 Å². The Morgan fingerprint density at radius 1 is 1.50 bits per heavy atom. The highest BCUT2D eigenvalue weighted by Crippen LogP contribution is 2.18. The van der Waals surface area contributed by atoms with Crippen LogP contribution in [0, 0.1) is 0 Å². The van der Waals surface area contributed by atoms with Gasteiger partial charge in [0.15, 0.2) is 0 Å². The molecule has 1 N–H and O–H groups in total. The van der Waals surface area contributed by atoms with E-state index >= 15 is 0 Å². The Morgan fingerprint density at radius 3 is 2.94 bits per heavy atom. The summed E-state index contributed by atoms with van der Waals surface area (Å²) in [5.41, 5.74) is 3.47. The molecule has 0 aliphatic heterocycles. The number of benzene rings is 1. The van der Waals surface area contributed by atoms with Crippen LogP contribution in [0.15, 0.2) is 36.0 Å². The lowest BCUT2D eigenvalue weighted by molar-refractivity contribution is 0.0940. The average Bonchev–Trinajstić information content (AvgIpc) is 2.92. The van der Waals surface area contributed by atoms with Crippen LogP contribution >= 0.6 is 27.3 Å². The first-order valence-corrected chi connectivity index (χ1v) is 7.55. The fourth-order valence-electron chi connectivity index (χ4n) is 1.64. The molecule has 0 aliphatic carbocycles. The summed E-state index contributed by atoms with van der Waals surface area (Å²) in [6, 6.07) is 7.57. The number of amides is 1. The fourth-order valence-corrected chi connectivity index (χ4v) is 2.76. The van der Waals surface area contributed by atoms with Crippen molar-refractivity contribution in [2.24, 2.45) is 0 Å². The van der Waals surface area contributed by atoms with Crippen molar-refractivity contribution in [3.8, 4) is 0 Å². The van der Waals surface area contributed by atoms with Crippen LogP contribution in [0.4, 0.5) is 0 Å². The van der Waals surface area contributed by atoms with Crippen LogP contribution in [0.2, 0.25) is 0 Å². The van der Waals surface area contributed by atoms with Gasteiger partial charge in [-0.1, -0.05) is 34.1 Å². The zero-order valence-electron chi connectivity index (χ0n) is 9.89. The molecule has 0 radical (unpaired) electrons. The minimum Gasteiger partial charge on any atom is -0.345 e. The van der Waals surface area contributed by atoms with Gasteiger partial charge < -0.3 is 5.32 Å². The Morgan fingerprint density at radius 2 is 2.28 bits per heavy atom. The number of carbonyl (C=O) groups excluding carboxylic acids is 1. The van der Waals surface area contributed by atoms with E-state index in [0.29, 0.717) is 10.9 Å². The van der Waals surface area contributed by atoms with Crippen LogP contribution in [-0.4, -0.2) is 10.9 Å². The molecule has 18 heavy (non-hydrogen) atoms. The number of aromatic nitrogens is 1. The molecule has 1 heterocycles.